The molecule has 0 amide bonds. The topological polar surface area (TPSA) is 24.5 Å². The van der Waals surface area contributed by atoms with Crippen LogP contribution in [-0.4, -0.2) is 32.8 Å². The quantitative estimate of drug-likeness (QED) is 0.768. The minimum absolute atomic E-state index is 0.696. The standard InChI is InChI=1S/C16H25BrN2O/c1-3-15-5-4-9-19(15)16-11-14(17)7-6-13(16)12-18-8-10-20-2/h6-7,11,15,18H,3-5,8-10,12H2,1-2H3. The predicted molar refractivity (Wildman–Crippen MR) is 88.4 cm³/mol. The van der Waals surface area contributed by atoms with Gasteiger partial charge in [0.2, 0.25) is 0 Å². The van der Waals surface area contributed by atoms with Crippen LogP contribution in [0.15, 0.2) is 22.7 Å². The van der Waals surface area contributed by atoms with Gasteiger partial charge in [-0.3, -0.25) is 0 Å². The van der Waals surface area contributed by atoms with Gasteiger partial charge in [-0.25, -0.2) is 0 Å². The molecule has 0 aliphatic carbocycles. The third-order valence-corrected chi connectivity index (χ3v) is 4.50. The summed E-state index contributed by atoms with van der Waals surface area (Å²) in [5.41, 5.74) is 2.76. The minimum atomic E-state index is 0.696. The second kappa shape index (κ2) is 8.01. The van der Waals surface area contributed by atoms with E-state index in [0.29, 0.717) is 6.04 Å². The number of nitrogens with zero attached hydrogens (tertiary/aromatic N) is 1. The van der Waals surface area contributed by atoms with Crippen LogP contribution < -0.4 is 10.2 Å². The summed E-state index contributed by atoms with van der Waals surface area (Å²) in [5, 5.41) is 3.45. The van der Waals surface area contributed by atoms with Crippen LogP contribution in [-0.2, 0) is 11.3 Å². The molecule has 20 heavy (non-hydrogen) atoms. The fourth-order valence-corrected chi connectivity index (χ4v) is 3.28. The van der Waals surface area contributed by atoms with Crippen molar-refractivity contribution in [2.75, 3.05) is 31.7 Å². The average molecular weight is 341 g/mol. The number of rotatable bonds is 7. The van der Waals surface area contributed by atoms with E-state index in [-0.39, 0.29) is 0 Å². The lowest BCUT2D eigenvalue weighted by Gasteiger charge is -2.28. The molecule has 4 heteroatoms. The maximum absolute atomic E-state index is 5.08. The zero-order chi connectivity index (χ0) is 14.4. The smallest absolute Gasteiger partial charge is 0.0587 e. The zero-order valence-electron chi connectivity index (χ0n) is 12.5. The monoisotopic (exact) mass is 340 g/mol. The van der Waals surface area contributed by atoms with Crippen molar-refractivity contribution in [1.82, 2.24) is 5.32 Å². The van der Waals surface area contributed by atoms with Gasteiger partial charge in [0.1, 0.15) is 0 Å². The molecule has 1 aromatic carbocycles. The maximum Gasteiger partial charge on any atom is 0.0587 e. The third-order valence-electron chi connectivity index (χ3n) is 4.00. The Labute approximate surface area is 130 Å². The van der Waals surface area contributed by atoms with Gasteiger partial charge in [-0.15, -0.1) is 0 Å². The molecule has 0 saturated carbocycles. The lowest BCUT2D eigenvalue weighted by atomic mass is 10.1. The molecule has 2 rings (SSSR count). The van der Waals surface area contributed by atoms with Gasteiger partial charge in [-0.05, 0) is 37.0 Å². The van der Waals surface area contributed by atoms with Crippen LogP contribution in [0.3, 0.4) is 0 Å². The largest absolute Gasteiger partial charge is 0.383 e. The summed E-state index contributed by atoms with van der Waals surface area (Å²) in [7, 11) is 1.74. The van der Waals surface area contributed by atoms with Gasteiger partial charge in [0.25, 0.3) is 0 Å². The number of ether oxygens (including phenoxy) is 1. The van der Waals surface area contributed by atoms with E-state index in [1.165, 1.54) is 37.1 Å². The molecule has 1 atom stereocenters. The Bertz CT molecular complexity index is 425. The second-order valence-corrected chi connectivity index (χ2v) is 6.26. The fourth-order valence-electron chi connectivity index (χ4n) is 2.93. The Kier molecular flexibility index (Phi) is 6.33. The molecule has 1 heterocycles. The molecule has 0 bridgehead atoms. The number of methoxy groups -OCH3 is 1. The van der Waals surface area contributed by atoms with Gasteiger partial charge in [0, 0.05) is 42.9 Å². The Balaban J connectivity index is 2.11. The highest BCUT2D eigenvalue weighted by Crippen LogP contribution is 2.32. The number of hydrogen-bond acceptors (Lipinski definition) is 3. The molecule has 1 unspecified atom stereocenters. The molecule has 1 aliphatic rings. The van der Waals surface area contributed by atoms with Crippen LogP contribution in [0.5, 0.6) is 0 Å². The summed E-state index contributed by atoms with van der Waals surface area (Å²) >= 11 is 3.61. The number of nitrogens with one attached hydrogen (secondary N) is 1. The van der Waals surface area contributed by atoms with E-state index >= 15 is 0 Å². The molecule has 1 aliphatic heterocycles. The molecule has 1 aromatic rings. The van der Waals surface area contributed by atoms with Crippen LogP contribution in [0.1, 0.15) is 31.7 Å². The Morgan fingerprint density at radius 1 is 1.45 bits per heavy atom. The molecule has 1 fully saturated rings. The molecule has 0 radical (unpaired) electrons. The minimum Gasteiger partial charge on any atom is -0.383 e. The van der Waals surface area contributed by atoms with E-state index in [0.717, 1.165) is 24.2 Å². The van der Waals surface area contributed by atoms with Crippen LogP contribution in [0, 0.1) is 0 Å². The lowest BCUT2D eigenvalue weighted by molar-refractivity contribution is 0.199. The molecular formula is C16H25BrN2O. The van der Waals surface area contributed by atoms with Crippen molar-refractivity contribution in [3.63, 3.8) is 0 Å². The Morgan fingerprint density at radius 2 is 2.30 bits per heavy atom. The first-order valence-electron chi connectivity index (χ1n) is 7.51. The summed E-state index contributed by atoms with van der Waals surface area (Å²) < 4.78 is 6.24. The third kappa shape index (κ3) is 3.96. The Hall–Kier alpha value is -0.580. The van der Waals surface area contributed by atoms with Gasteiger partial charge in [-0.1, -0.05) is 28.9 Å². The molecule has 112 valence electrons. The van der Waals surface area contributed by atoms with Crippen LogP contribution >= 0.6 is 15.9 Å². The SMILES string of the molecule is CCC1CCCN1c1cc(Br)ccc1CNCCOC. The average Bonchev–Trinajstić information content (AvgIpc) is 2.93. The van der Waals surface area contributed by atoms with Crippen molar-refractivity contribution in [3.05, 3.63) is 28.2 Å². The van der Waals surface area contributed by atoms with Crippen LogP contribution in [0.4, 0.5) is 5.69 Å². The van der Waals surface area contributed by atoms with Crippen molar-refractivity contribution >= 4 is 21.6 Å². The number of halogens is 1. The molecule has 0 spiro atoms. The van der Waals surface area contributed by atoms with Gasteiger partial charge in [0.15, 0.2) is 0 Å². The molecular weight excluding hydrogens is 316 g/mol. The number of hydrogen-bond donors (Lipinski definition) is 1. The fraction of sp³-hybridized carbons (Fsp3) is 0.625. The first kappa shape index (κ1) is 15.8. The molecule has 3 nitrogen and oxygen atoms in total. The van der Waals surface area contributed by atoms with E-state index in [4.69, 9.17) is 4.74 Å². The first-order chi connectivity index (χ1) is 9.76. The van der Waals surface area contributed by atoms with E-state index in [1.54, 1.807) is 7.11 Å². The predicted octanol–water partition coefficient (Wildman–Crippen LogP) is 3.56. The van der Waals surface area contributed by atoms with E-state index in [2.05, 4.69) is 51.3 Å². The van der Waals surface area contributed by atoms with Gasteiger partial charge in [0.05, 0.1) is 6.61 Å². The van der Waals surface area contributed by atoms with Crippen molar-refractivity contribution in [2.45, 2.75) is 38.8 Å². The molecule has 1 N–H and O–H groups in total. The summed E-state index contributed by atoms with van der Waals surface area (Å²) in [6.45, 7) is 6.02. The van der Waals surface area contributed by atoms with Crippen LogP contribution in [0.2, 0.25) is 0 Å². The first-order valence-corrected chi connectivity index (χ1v) is 8.30. The summed E-state index contributed by atoms with van der Waals surface area (Å²) in [4.78, 5) is 2.58. The summed E-state index contributed by atoms with van der Waals surface area (Å²) in [6.07, 6.45) is 3.85. The van der Waals surface area contributed by atoms with Gasteiger partial charge < -0.3 is 15.0 Å². The van der Waals surface area contributed by atoms with E-state index in [1.807, 2.05) is 0 Å². The highest BCUT2D eigenvalue weighted by atomic mass is 79.9. The van der Waals surface area contributed by atoms with E-state index < -0.39 is 0 Å². The van der Waals surface area contributed by atoms with Crippen molar-refractivity contribution < 1.29 is 4.74 Å². The maximum atomic E-state index is 5.08. The van der Waals surface area contributed by atoms with Gasteiger partial charge >= 0.3 is 0 Å². The van der Waals surface area contributed by atoms with Crippen molar-refractivity contribution in [2.24, 2.45) is 0 Å². The Morgan fingerprint density at radius 3 is 3.05 bits per heavy atom. The second-order valence-electron chi connectivity index (χ2n) is 5.34. The lowest BCUT2D eigenvalue weighted by Crippen LogP contribution is -2.30. The molecule has 1 saturated heterocycles. The number of benzene rings is 1. The summed E-state index contributed by atoms with van der Waals surface area (Å²) in [6, 6.07) is 7.32. The normalized spacial score (nSPS) is 18.8. The highest BCUT2D eigenvalue weighted by Gasteiger charge is 2.24. The zero-order valence-corrected chi connectivity index (χ0v) is 14.1. The van der Waals surface area contributed by atoms with Crippen molar-refractivity contribution in [1.29, 1.82) is 0 Å². The number of anilines is 1. The van der Waals surface area contributed by atoms with E-state index in [9.17, 15) is 0 Å². The summed E-state index contributed by atoms with van der Waals surface area (Å²) in [5.74, 6) is 0. The molecule has 0 aromatic heterocycles. The van der Waals surface area contributed by atoms with Gasteiger partial charge in [-0.2, -0.15) is 0 Å². The highest BCUT2D eigenvalue weighted by molar-refractivity contribution is 9.10. The van der Waals surface area contributed by atoms with Crippen molar-refractivity contribution in [3.8, 4) is 0 Å². The van der Waals surface area contributed by atoms with Crippen LogP contribution in [0.25, 0.3) is 0 Å².